The number of aliphatic hydroxyl groups is 1. The Balaban J connectivity index is 2.15. The maximum absolute atomic E-state index is 13.8. The van der Waals surface area contributed by atoms with E-state index in [1.807, 2.05) is 6.07 Å². The molecule has 0 radical (unpaired) electrons. The molecule has 100 valence electrons. The average Bonchev–Trinajstić information content (AvgIpc) is 2.41. The number of methoxy groups -OCH3 is 1. The van der Waals surface area contributed by atoms with Gasteiger partial charge in [0.1, 0.15) is 11.6 Å². The van der Waals surface area contributed by atoms with Gasteiger partial charge < -0.3 is 9.84 Å². The number of rotatable bonds is 4. The number of pyridine rings is 1. The smallest absolute Gasteiger partial charge is 0.132 e. The lowest BCUT2D eigenvalue weighted by atomic mass is 10.0. The number of hydrogen-bond acceptors (Lipinski definition) is 3. The average molecular weight is 326 g/mol. The number of benzene rings is 1. The van der Waals surface area contributed by atoms with Crippen molar-refractivity contribution in [1.82, 2.24) is 4.98 Å². The molecule has 0 aliphatic carbocycles. The van der Waals surface area contributed by atoms with Crippen molar-refractivity contribution in [2.75, 3.05) is 7.11 Å². The first-order valence-electron chi connectivity index (χ1n) is 5.72. The summed E-state index contributed by atoms with van der Waals surface area (Å²) in [6, 6.07) is 8.02. The van der Waals surface area contributed by atoms with E-state index in [2.05, 4.69) is 20.9 Å². The predicted octanol–water partition coefficient (Wildman–Crippen LogP) is 3.27. The summed E-state index contributed by atoms with van der Waals surface area (Å²) in [6.45, 7) is 0. The lowest BCUT2D eigenvalue weighted by Crippen LogP contribution is -2.05. The first-order valence-corrected chi connectivity index (χ1v) is 6.51. The lowest BCUT2D eigenvalue weighted by molar-refractivity contribution is 0.172. The normalized spacial score (nSPS) is 12.2. The van der Waals surface area contributed by atoms with Crippen molar-refractivity contribution < 1.29 is 14.2 Å². The molecule has 2 aromatic rings. The van der Waals surface area contributed by atoms with E-state index in [4.69, 9.17) is 4.74 Å². The van der Waals surface area contributed by atoms with Crippen molar-refractivity contribution in [3.8, 4) is 5.75 Å². The summed E-state index contributed by atoms with van der Waals surface area (Å²) >= 11 is 3.29. The Kier molecular flexibility index (Phi) is 4.50. The Morgan fingerprint density at radius 2 is 2.16 bits per heavy atom. The minimum absolute atomic E-state index is 0.241. The highest BCUT2D eigenvalue weighted by atomic mass is 79.9. The van der Waals surface area contributed by atoms with Crippen LogP contribution in [-0.2, 0) is 6.42 Å². The first-order chi connectivity index (χ1) is 9.10. The number of aliphatic hydroxyl groups excluding tert-OH is 1. The SMILES string of the molecule is COc1ccc(C(O)Cc2ccc(Br)cn2)c(F)c1. The van der Waals surface area contributed by atoms with Crippen LogP contribution < -0.4 is 4.74 Å². The van der Waals surface area contributed by atoms with Crippen LogP contribution in [0, 0.1) is 5.82 Å². The van der Waals surface area contributed by atoms with Gasteiger partial charge in [-0.2, -0.15) is 0 Å². The molecule has 0 aliphatic rings. The van der Waals surface area contributed by atoms with Gasteiger partial charge in [0.25, 0.3) is 0 Å². The van der Waals surface area contributed by atoms with Gasteiger partial charge in [-0.25, -0.2) is 4.39 Å². The van der Waals surface area contributed by atoms with E-state index in [-0.39, 0.29) is 12.0 Å². The molecular formula is C14H13BrFNO2. The molecule has 2 rings (SSSR count). The van der Waals surface area contributed by atoms with Crippen molar-refractivity contribution >= 4 is 15.9 Å². The van der Waals surface area contributed by atoms with Crippen LogP contribution in [0.5, 0.6) is 5.75 Å². The Morgan fingerprint density at radius 1 is 1.37 bits per heavy atom. The number of hydrogen-bond donors (Lipinski definition) is 1. The molecule has 0 aliphatic heterocycles. The number of ether oxygens (including phenoxy) is 1. The summed E-state index contributed by atoms with van der Waals surface area (Å²) in [5.41, 5.74) is 0.941. The fourth-order valence-corrected chi connectivity index (χ4v) is 1.97. The predicted molar refractivity (Wildman–Crippen MR) is 73.6 cm³/mol. The van der Waals surface area contributed by atoms with E-state index in [0.29, 0.717) is 11.4 Å². The molecule has 0 bridgehead atoms. The molecule has 0 amide bonds. The summed E-state index contributed by atoms with van der Waals surface area (Å²) in [6.07, 6.45) is 0.975. The van der Waals surface area contributed by atoms with Gasteiger partial charge in [0.2, 0.25) is 0 Å². The van der Waals surface area contributed by atoms with Gasteiger partial charge in [-0.05, 0) is 40.2 Å². The van der Waals surface area contributed by atoms with Crippen molar-refractivity contribution in [2.45, 2.75) is 12.5 Å². The molecule has 1 heterocycles. The molecule has 1 aromatic carbocycles. The maximum atomic E-state index is 13.8. The highest BCUT2D eigenvalue weighted by Gasteiger charge is 2.14. The lowest BCUT2D eigenvalue weighted by Gasteiger charge is -2.12. The van der Waals surface area contributed by atoms with Crippen molar-refractivity contribution in [3.63, 3.8) is 0 Å². The zero-order chi connectivity index (χ0) is 13.8. The van der Waals surface area contributed by atoms with Crippen LogP contribution in [0.15, 0.2) is 41.0 Å². The second kappa shape index (κ2) is 6.12. The Bertz CT molecular complexity index is 560. The summed E-state index contributed by atoms with van der Waals surface area (Å²) in [7, 11) is 1.47. The number of aromatic nitrogens is 1. The van der Waals surface area contributed by atoms with E-state index in [1.165, 1.54) is 19.2 Å². The van der Waals surface area contributed by atoms with E-state index in [9.17, 15) is 9.50 Å². The Morgan fingerprint density at radius 3 is 2.74 bits per heavy atom. The molecule has 1 aromatic heterocycles. The molecule has 1 unspecified atom stereocenters. The number of halogens is 2. The summed E-state index contributed by atoms with van der Waals surface area (Å²) < 4.78 is 19.6. The minimum atomic E-state index is -0.931. The van der Waals surface area contributed by atoms with E-state index in [0.717, 1.165) is 4.47 Å². The Hall–Kier alpha value is -1.46. The summed E-state index contributed by atoms with van der Waals surface area (Å²) in [5, 5.41) is 10.1. The van der Waals surface area contributed by atoms with Gasteiger partial charge >= 0.3 is 0 Å². The van der Waals surface area contributed by atoms with Crippen LogP contribution in [0.3, 0.4) is 0 Å². The number of nitrogens with zero attached hydrogens (tertiary/aromatic N) is 1. The second-order valence-electron chi connectivity index (χ2n) is 4.08. The van der Waals surface area contributed by atoms with E-state index < -0.39 is 11.9 Å². The first kappa shape index (κ1) is 14.0. The highest BCUT2D eigenvalue weighted by molar-refractivity contribution is 9.10. The maximum Gasteiger partial charge on any atom is 0.132 e. The standard InChI is InChI=1S/C14H13BrFNO2/c1-19-11-4-5-12(13(16)7-11)14(18)6-10-3-2-9(15)8-17-10/h2-5,7-8,14,18H,6H2,1H3. The zero-order valence-electron chi connectivity index (χ0n) is 10.3. The quantitative estimate of drug-likeness (QED) is 0.938. The van der Waals surface area contributed by atoms with E-state index in [1.54, 1.807) is 18.3 Å². The molecule has 5 heteroatoms. The molecule has 0 saturated heterocycles. The van der Waals surface area contributed by atoms with Gasteiger partial charge in [-0.15, -0.1) is 0 Å². The minimum Gasteiger partial charge on any atom is -0.497 e. The van der Waals surface area contributed by atoms with Crippen LogP contribution in [0.2, 0.25) is 0 Å². The Labute approximate surface area is 119 Å². The van der Waals surface area contributed by atoms with E-state index >= 15 is 0 Å². The van der Waals surface area contributed by atoms with Crippen molar-refractivity contribution in [1.29, 1.82) is 0 Å². The zero-order valence-corrected chi connectivity index (χ0v) is 11.9. The molecule has 1 atom stereocenters. The fourth-order valence-electron chi connectivity index (χ4n) is 1.74. The van der Waals surface area contributed by atoms with Crippen LogP contribution >= 0.6 is 15.9 Å². The molecule has 0 saturated carbocycles. The largest absolute Gasteiger partial charge is 0.497 e. The van der Waals surface area contributed by atoms with Gasteiger partial charge in [0, 0.05) is 34.4 Å². The van der Waals surface area contributed by atoms with Crippen molar-refractivity contribution in [3.05, 3.63) is 58.1 Å². The van der Waals surface area contributed by atoms with Crippen LogP contribution in [0.25, 0.3) is 0 Å². The third-order valence-corrected chi connectivity index (χ3v) is 3.23. The fraction of sp³-hybridized carbons (Fsp3) is 0.214. The molecule has 0 spiro atoms. The van der Waals surface area contributed by atoms with Crippen molar-refractivity contribution in [2.24, 2.45) is 0 Å². The second-order valence-corrected chi connectivity index (χ2v) is 4.99. The van der Waals surface area contributed by atoms with Crippen LogP contribution in [0.4, 0.5) is 4.39 Å². The summed E-state index contributed by atoms with van der Waals surface area (Å²) in [5.74, 6) is -0.0563. The highest BCUT2D eigenvalue weighted by Crippen LogP contribution is 2.24. The van der Waals surface area contributed by atoms with Gasteiger partial charge in [-0.3, -0.25) is 4.98 Å². The molecular weight excluding hydrogens is 313 g/mol. The van der Waals surface area contributed by atoms with Gasteiger partial charge in [0.15, 0.2) is 0 Å². The summed E-state index contributed by atoms with van der Waals surface area (Å²) in [4.78, 5) is 4.15. The van der Waals surface area contributed by atoms with Gasteiger partial charge in [-0.1, -0.05) is 0 Å². The monoisotopic (exact) mass is 325 g/mol. The third-order valence-electron chi connectivity index (χ3n) is 2.76. The molecule has 1 N–H and O–H groups in total. The molecule has 19 heavy (non-hydrogen) atoms. The van der Waals surface area contributed by atoms with Crippen LogP contribution in [0.1, 0.15) is 17.4 Å². The molecule has 3 nitrogen and oxygen atoms in total. The third kappa shape index (κ3) is 3.52. The van der Waals surface area contributed by atoms with Gasteiger partial charge in [0.05, 0.1) is 13.2 Å². The topological polar surface area (TPSA) is 42.4 Å². The van der Waals surface area contributed by atoms with Crippen LogP contribution in [-0.4, -0.2) is 17.2 Å². The molecule has 0 fully saturated rings.